The van der Waals surface area contributed by atoms with Gasteiger partial charge in [0.25, 0.3) is 0 Å². The second-order valence-corrected chi connectivity index (χ2v) is 7.38. The van der Waals surface area contributed by atoms with E-state index in [0.717, 1.165) is 24.9 Å². The highest BCUT2D eigenvalue weighted by atomic mass is 32.2. The van der Waals surface area contributed by atoms with Gasteiger partial charge in [-0.3, -0.25) is 0 Å². The molecule has 2 rings (SSSR count). The Kier molecular flexibility index (Phi) is 4.16. The molecule has 2 N–H and O–H groups in total. The van der Waals surface area contributed by atoms with Crippen LogP contribution in [0.5, 0.6) is 0 Å². The maximum atomic E-state index is 11.9. The summed E-state index contributed by atoms with van der Waals surface area (Å²) in [4.78, 5) is 0.363. The molecule has 19 heavy (non-hydrogen) atoms. The zero-order valence-electron chi connectivity index (χ0n) is 11.2. The summed E-state index contributed by atoms with van der Waals surface area (Å²) in [7, 11) is -3.14. The van der Waals surface area contributed by atoms with Gasteiger partial charge < -0.3 is 10.4 Å². The Morgan fingerprint density at radius 2 is 1.89 bits per heavy atom. The highest BCUT2D eigenvalue weighted by Gasteiger charge is 2.33. The first-order valence-electron chi connectivity index (χ1n) is 6.74. The quantitative estimate of drug-likeness (QED) is 0.840. The van der Waals surface area contributed by atoms with Crippen molar-refractivity contribution in [3.05, 3.63) is 24.3 Å². The molecule has 5 heteroatoms. The van der Waals surface area contributed by atoms with Crippen LogP contribution in [0.25, 0.3) is 0 Å². The van der Waals surface area contributed by atoms with Gasteiger partial charge >= 0.3 is 0 Å². The molecule has 1 aliphatic carbocycles. The average molecular weight is 283 g/mol. The molecule has 0 aliphatic heterocycles. The molecule has 0 saturated heterocycles. The van der Waals surface area contributed by atoms with Gasteiger partial charge in [-0.1, -0.05) is 6.92 Å². The smallest absolute Gasteiger partial charge is 0.178 e. The fourth-order valence-electron chi connectivity index (χ4n) is 2.19. The van der Waals surface area contributed by atoms with E-state index in [1.54, 1.807) is 24.3 Å². The standard InChI is InChI=1S/C14H21NO3S/c1-2-10-19(17,18)13-6-4-12(5-7-13)15-11-14(16)8-3-9-14/h4-7,15-16H,2-3,8-11H2,1H3. The van der Waals surface area contributed by atoms with Gasteiger partial charge in [-0.25, -0.2) is 8.42 Å². The molecule has 0 aromatic heterocycles. The predicted molar refractivity (Wildman–Crippen MR) is 76.1 cm³/mol. The van der Waals surface area contributed by atoms with Crippen LogP contribution >= 0.6 is 0 Å². The summed E-state index contributed by atoms with van der Waals surface area (Å²) < 4.78 is 23.7. The summed E-state index contributed by atoms with van der Waals surface area (Å²) >= 11 is 0. The van der Waals surface area contributed by atoms with Crippen molar-refractivity contribution in [2.24, 2.45) is 0 Å². The van der Waals surface area contributed by atoms with Gasteiger partial charge in [0, 0.05) is 12.2 Å². The van der Waals surface area contributed by atoms with Gasteiger partial charge in [-0.05, 0) is 49.9 Å². The SMILES string of the molecule is CCCS(=O)(=O)c1ccc(NCC2(O)CCC2)cc1. The van der Waals surface area contributed by atoms with Gasteiger partial charge in [0.1, 0.15) is 0 Å². The van der Waals surface area contributed by atoms with E-state index in [2.05, 4.69) is 5.32 Å². The topological polar surface area (TPSA) is 66.4 Å². The van der Waals surface area contributed by atoms with Crippen LogP contribution in [0.15, 0.2) is 29.2 Å². The number of sulfone groups is 1. The zero-order valence-corrected chi connectivity index (χ0v) is 12.0. The van der Waals surface area contributed by atoms with Gasteiger partial charge in [0.2, 0.25) is 0 Å². The Morgan fingerprint density at radius 3 is 2.37 bits per heavy atom. The van der Waals surface area contributed by atoms with Crippen LogP contribution in [-0.2, 0) is 9.84 Å². The van der Waals surface area contributed by atoms with E-state index in [1.165, 1.54) is 0 Å². The molecular weight excluding hydrogens is 262 g/mol. The molecule has 0 unspecified atom stereocenters. The van der Waals surface area contributed by atoms with Crippen molar-refractivity contribution >= 4 is 15.5 Å². The summed E-state index contributed by atoms with van der Waals surface area (Å²) in [6.07, 6.45) is 3.37. The van der Waals surface area contributed by atoms with E-state index in [0.29, 0.717) is 17.9 Å². The van der Waals surface area contributed by atoms with E-state index in [4.69, 9.17) is 0 Å². The normalized spacial score (nSPS) is 17.8. The van der Waals surface area contributed by atoms with E-state index in [-0.39, 0.29) is 5.75 Å². The third-order valence-electron chi connectivity index (χ3n) is 3.59. The molecule has 0 spiro atoms. The van der Waals surface area contributed by atoms with Crippen LogP contribution in [0, 0.1) is 0 Å². The lowest BCUT2D eigenvalue weighted by atomic mass is 9.80. The highest BCUT2D eigenvalue weighted by Crippen LogP contribution is 2.31. The molecular formula is C14H21NO3S. The molecule has 0 amide bonds. The van der Waals surface area contributed by atoms with Crippen LogP contribution in [-0.4, -0.2) is 31.4 Å². The predicted octanol–water partition coefficient (Wildman–Crippen LogP) is 2.20. The van der Waals surface area contributed by atoms with Crippen LogP contribution in [0.2, 0.25) is 0 Å². The van der Waals surface area contributed by atoms with Crippen molar-refractivity contribution in [3.8, 4) is 0 Å². The van der Waals surface area contributed by atoms with Crippen molar-refractivity contribution < 1.29 is 13.5 Å². The molecule has 1 aromatic rings. The molecule has 0 bridgehead atoms. The number of anilines is 1. The molecule has 1 aliphatic rings. The molecule has 1 saturated carbocycles. The number of nitrogens with one attached hydrogen (secondary N) is 1. The Labute approximate surface area is 114 Å². The van der Waals surface area contributed by atoms with Crippen LogP contribution in [0.4, 0.5) is 5.69 Å². The molecule has 0 heterocycles. The first kappa shape index (κ1) is 14.3. The molecule has 4 nitrogen and oxygen atoms in total. The maximum absolute atomic E-state index is 11.9. The van der Waals surface area contributed by atoms with Crippen molar-refractivity contribution in [2.75, 3.05) is 17.6 Å². The summed E-state index contributed by atoms with van der Waals surface area (Å²) in [5.74, 6) is 0.180. The van der Waals surface area contributed by atoms with Crippen LogP contribution in [0.3, 0.4) is 0 Å². The Morgan fingerprint density at radius 1 is 1.26 bits per heavy atom. The van der Waals surface area contributed by atoms with Crippen molar-refractivity contribution in [2.45, 2.75) is 43.1 Å². The summed E-state index contributed by atoms with van der Waals surface area (Å²) in [5.41, 5.74) is 0.267. The minimum atomic E-state index is -3.14. The van der Waals surface area contributed by atoms with Gasteiger partial charge in [0.05, 0.1) is 16.2 Å². The monoisotopic (exact) mass is 283 g/mol. The van der Waals surface area contributed by atoms with Crippen LogP contribution in [0.1, 0.15) is 32.6 Å². The number of hydrogen-bond acceptors (Lipinski definition) is 4. The Balaban J connectivity index is 1.98. The minimum Gasteiger partial charge on any atom is -0.388 e. The van der Waals surface area contributed by atoms with Gasteiger partial charge in [0.15, 0.2) is 9.84 Å². The van der Waals surface area contributed by atoms with Crippen molar-refractivity contribution in [3.63, 3.8) is 0 Å². The fourth-order valence-corrected chi connectivity index (χ4v) is 3.52. The van der Waals surface area contributed by atoms with Crippen molar-refractivity contribution in [1.29, 1.82) is 0 Å². The minimum absolute atomic E-state index is 0.180. The number of rotatable bonds is 6. The van der Waals surface area contributed by atoms with Crippen LogP contribution < -0.4 is 5.32 Å². The molecule has 0 radical (unpaired) electrons. The molecule has 1 aromatic carbocycles. The molecule has 0 atom stereocenters. The summed E-state index contributed by atoms with van der Waals surface area (Å²) in [6.45, 7) is 2.38. The molecule has 106 valence electrons. The lowest BCUT2D eigenvalue weighted by molar-refractivity contribution is -0.0201. The average Bonchev–Trinajstić information content (AvgIpc) is 2.34. The number of benzene rings is 1. The van der Waals surface area contributed by atoms with Gasteiger partial charge in [-0.15, -0.1) is 0 Å². The second kappa shape index (κ2) is 5.51. The van der Waals surface area contributed by atoms with Crippen molar-refractivity contribution in [1.82, 2.24) is 0 Å². The Bertz CT molecular complexity index is 518. The first-order chi connectivity index (χ1) is 8.95. The highest BCUT2D eigenvalue weighted by molar-refractivity contribution is 7.91. The number of aliphatic hydroxyl groups is 1. The van der Waals surface area contributed by atoms with E-state index in [1.807, 2.05) is 6.92 Å². The lowest BCUT2D eigenvalue weighted by Crippen LogP contribution is -2.43. The summed E-state index contributed by atoms with van der Waals surface area (Å²) in [6, 6.07) is 6.76. The first-order valence-corrected chi connectivity index (χ1v) is 8.39. The third-order valence-corrected chi connectivity index (χ3v) is 5.53. The summed E-state index contributed by atoms with van der Waals surface area (Å²) in [5, 5.41) is 13.1. The fraction of sp³-hybridized carbons (Fsp3) is 0.571. The van der Waals surface area contributed by atoms with E-state index < -0.39 is 15.4 Å². The van der Waals surface area contributed by atoms with Gasteiger partial charge in [-0.2, -0.15) is 0 Å². The second-order valence-electron chi connectivity index (χ2n) is 5.27. The lowest BCUT2D eigenvalue weighted by Gasteiger charge is -2.36. The third kappa shape index (κ3) is 3.48. The Hall–Kier alpha value is -1.07. The largest absolute Gasteiger partial charge is 0.388 e. The van der Waals surface area contributed by atoms with E-state index >= 15 is 0 Å². The van der Waals surface area contributed by atoms with E-state index in [9.17, 15) is 13.5 Å². The zero-order chi connectivity index (χ0) is 13.9. The molecule has 1 fully saturated rings. The number of hydrogen-bond donors (Lipinski definition) is 2. The maximum Gasteiger partial charge on any atom is 0.178 e.